The largest absolute Gasteiger partial charge is 0.332 e. The monoisotopic (exact) mass is 346 g/mol. The fourth-order valence-corrected chi connectivity index (χ4v) is 3.62. The third kappa shape index (κ3) is 2.72. The molecule has 2 fully saturated rings. The molecule has 2 saturated heterocycles. The Morgan fingerprint density at radius 2 is 1.73 bits per heavy atom. The number of piperazine rings is 1. The summed E-state index contributed by atoms with van der Waals surface area (Å²) >= 11 is 0. The van der Waals surface area contributed by atoms with Crippen LogP contribution in [0.3, 0.4) is 0 Å². The maximum Gasteiger partial charge on any atom is 0.332 e. The number of imide groups is 1. The first kappa shape index (κ1) is 16.3. The number of amides is 3. The third-order valence-corrected chi connectivity index (χ3v) is 4.92. The van der Waals surface area contributed by atoms with Gasteiger partial charge in [0.25, 0.3) is 5.91 Å². The molecule has 1 unspecified atom stereocenters. The molecule has 2 aromatic rings. The molecule has 130 valence electrons. The van der Waals surface area contributed by atoms with Crippen molar-refractivity contribution in [2.75, 3.05) is 24.5 Å². The molecule has 1 atom stereocenters. The number of para-hydroxylation sites is 1. The Balaban J connectivity index is 1.56. The zero-order valence-electron chi connectivity index (χ0n) is 14.2. The van der Waals surface area contributed by atoms with Gasteiger partial charge in [-0.05, 0) is 17.7 Å². The number of fused-ring (bicyclic) bond motifs is 1. The van der Waals surface area contributed by atoms with Crippen molar-refractivity contribution in [3.05, 3.63) is 65.7 Å². The van der Waals surface area contributed by atoms with Crippen molar-refractivity contribution in [3.8, 4) is 6.07 Å². The van der Waals surface area contributed by atoms with E-state index in [4.69, 9.17) is 0 Å². The minimum absolute atomic E-state index is 0.254. The van der Waals surface area contributed by atoms with E-state index in [9.17, 15) is 14.9 Å². The van der Waals surface area contributed by atoms with Crippen LogP contribution in [0.2, 0.25) is 0 Å². The number of carbonyl (C=O) groups is 2. The molecule has 2 aliphatic heterocycles. The molecular weight excluding hydrogens is 328 g/mol. The second kappa shape index (κ2) is 6.62. The molecule has 4 rings (SSSR count). The molecular formula is C20H18N4O2. The summed E-state index contributed by atoms with van der Waals surface area (Å²) < 4.78 is 0. The lowest BCUT2D eigenvalue weighted by Crippen LogP contribution is -2.52. The van der Waals surface area contributed by atoms with Crippen molar-refractivity contribution in [3.63, 3.8) is 0 Å². The third-order valence-electron chi connectivity index (χ3n) is 4.92. The van der Waals surface area contributed by atoms with E-state index < -0.39 is 6.04 Å². The highest BCUT2D eigenvalue weighted by Crippen LogP contribution is 2.30. The Hall–Kier alpha value is -3.17. The van der Waals surface area contributed by atoms with Gasteiger partial charge in [-0.2, -0.15) is 5.26 Å². The van der Waals surface area contributed by atoms with Gasteiger partial charge in [0.05, 0.1) is 11.3 Å². The SMILES string of the molecule is N#Cc1ccccc1N1C(=O)C2CN(Cc3ccccc3)CCN2C1=O. The van der Waals surface area contributed by atoms with Crippen LogP contribution in [0.15, 0.2) is 54.6 Å². The van der Waals surface area contributed by atoms with Crippen molar-refractivity contribution in [2.24, 2.45) is 0 Å². The van der Waals surface area contributed by atoms with Crippen molar-refractivity contribution in [1.82, 2.24) is 9.80 Å². The second-order valence-corrected chi connectivity index (χ2v) is 6.52. The van der Waals surface area contributed by atoms with Gasteiger partial charge in [-0.25, -0.2) is 9.69 Å². The smallest absolute Gasteiger partial charge is 0.309 e. The van der Waals surface area contributed by atoms with Crippen LogP contribution in [0.1, 0.15) is 11.1 Å². The number of anilines is 1. The summed E-state index contributed by atoms with van der Waals surface area (Å²) in [6.07, 6.45) is 0. The molecule has 3 amide bonds. The number of hydrogen-bond acceptors (Lipinski definition) is 4. The number of nitriles is 1. The van der Waals surface area contributed by atoms with Crippen LogP contribution in [-0.4, -0.2) is 47.4 Å². The summed E-state index contributed by atoms with van der Waals surface area (Å²) in [6.45, 7) is 2.48. The number of carbonyl (C=O) groups excluding carboxylic acids is 2. The van der Waals surface area contributed by atoms with E-state index in [-0.39, 0.29) is 11.9 Å². The first-order chi connectivity index (χ1) is 12.7. The van der Waals surface area contributed by atoms with Crippen LogP contribution >= 0.6 is 0 Å². The first-order valence-corrected chi connectivity index (χ1v) is 8.59. The van der Waals surface area contributed by atoms with Gasteiger partial charge in [-0.3, -0.25) is 9.69 Å². The van der Waals surface area contributed by atoms with Crippen molar-refractivity contribution in [1.29, 1.82) is 5.26 Å². The molecule has 6 nitrogen and oxygen atoms in total. The van der Waals surface area contributed by atoms with Crippen LogP contribution in [0.25, 0.3) is 0 Å². The summed E-state index contributed by atoms with van der Waals surface area (Å²) in [5, 5.41) is 9.29. The quantitative estimate of drug-likeness (QED) is 0.799. The Morgan fingerprint density at radius 3 is 2.50 bits per heavy atom. The Labute approximate surface area is 151 Å². The molecule has 26 heavy (non-hydrogen) atoms. The zero-order chi connectivity index (χ0) is 18.1. The molecule has 0 bridgehead atoms. The highest BCUT2D eigenvalue weighted by Gasteiger charge is 2.48. The number of rotatable bonds is 3. The maximum absolute atomic E-state index is 12.9. The van der Waals surface area contributed by atoms with E-state index in [1.165, 1.54) is 5.56 Å². The van der Waals surface area contributed by atoms with Crippen molar-refractivity contribution in [2.45, 2.75) is 12.6 Å². The van der Waals surface area contributed by atoms with Gasteiger partial charge in [0.15, 0.2) is 0 Å². The van der Waals surface area contributed by atoms with Crippen LogP contribution in [-0.2, 0) is 11.3 Å². The predicted molar refractivity (Wildman–Crippen MR) is 96.3 cm³/mol. The molecule has 6 heteroatoms. The predicted octanol–water partition coefficient (Wildman–Crippen LogP) is 2.21. The van der Waals surface area contributed by atoms with Crippen LogP contribution in [0.4, 0.5) is 10.5 Å². The van der Waals surface area contributed by atoms with Gasteiger partial charge in [-0.15, -0.1) is 0 Å². The number of urea groups is 1. The van der Waals surface area contributed by atoms with Gasteiger partial charge in [0.2, 0.25) is 0 Å². The lowest BCUT2D eigenvalue weighted by molar-refractivity contribution is -0.121. The van der Waals surface area contributed by atoms with E-state index in [1.54, 1.807) is 29.2 Å². The molecule has 0 radical (unpaired) electrons. The highest BCUT2D eigenvalue weighted by atomic mass is 16.2. The first-order valence-electron chi connectivity index (χ1n) is 8.59. The Bertz CT molecular complexity index is 890. The van der Waals surface area contributed by atoms with E-state index >= 15 is 0 Å². The zero-order valence-corrected chi connectivity index (χ0v) is 14.2. The number of nitrogens with zero attached hydrogens (tertiary/aromatic N) is 4. The molecule has 2 aliphatic rings. The lowest BCUT2D eigenvalue weighted by atomic mass is 10.1. The van der Waals surface area contributed by atoms with Crippen LogP contribution in [0, 0.1) is 11.3 Å². The summed E-state index contributed by atoms with van der Waals surface area (Å²) in [7, 11) is 0. The Kier molecular flexibility index (Phi) is 4.15. The standard InChI is InChI=1S/C20H18N4O2/c21-12-16-8-4-5-9-17(16)24-19(25)18-14-22(10-11-23(18)20(24)26)13-15-6-2-1-3-7-15/h1-9,18H,10-11,13-14H2. The summed E-state index contributed by atoms with van der Waals surface area (Å²) in [5.74, 6) is -0.254. The lowest BCUT2D eigenvalue weighted by Gasteiger charge is -2.35. The van der Waals surface area contributed by atoms with E-state index in [0.29, 0.717) is 24.3 Å². The molecule has 0 N–H and O–H groups in total. The van der Waals surface area contributed by atoms with Crippen molar-refractivity contribution >= 4 is 17.6 Å². The van der Waals surface area contributed by atoms with Crippen LogP contribution < -0.4 is 4.90 Å². The fraction of sp³-hybridized carbons (Fsp3) is 0.250. The van der Waals surface area contributed by atoms with E-state index in [2.05, 4.69) is 23.1 Å². The Morgan fingerprint density at radius 1 is 1.00 bits per heavy atom. The van der Waals surface area contributed by atoms with Gasteiger partial charge < -0.3 is 4.90 Å². The van der Waals surface area contributed by atoms with Crippen LogP contribution in [0.5, 0.6) is 0 Å². The number of hydrogen-bond donors (Lipinski definition) is 0. The fourth-order valence-electron chi connectivity index (χ4n) is 3.62. The highest BCUT2D eigenvalue weighted by molar-refractivity contribution is 6.22. The maximum atomic E-state index is 12.9. The molecule has 0 saturated carbocycles. The molecule has 0 spiro atoms. The minimum atomic E-state index is -0.494. The molecule has 0 aliphatic carbocycles. The van der Waals surface area contributed by atoms with Crippen molar-refractivity contribution < 1.29 is 9.59 Å². The van der Waals surface area contributed by atoms with Gasteiger partial charge >= 0.3 is 6.03 Å². The second-order valence-electron chi connectivity index (χ2n) is 6.52. The van der Waals surface area contributed by atoms with E-state index in [0.717, 1.165) is 18.0 Å². The van der Waals surface area contributed by atoms with Gasteiger partial charge in [0, 0.05) is 26.2 Å². The molecule has 0 aromatic heterocycles. The average molecular weight is 346 g/mol. The van der Waals surface area contributed by atoms with Gasteiger partial charge in [-0.1, -0.05) is 42.5 Å². The molecule has 2 heterocycles. The van der Waals surface area contributed by atoms with E-state index in [1.807, 2.05) is 18.2 Å². The normalized spacial score (nSPS) is 20.2. The molecule has 2 aromatic carbocycles. The summed E-state index contributed by atoms with van der Waals surface area (Å²) in [5.41, 5.74) is 1.88. The summed E-state index contributed by atoms with van der Waals surface area (Å²) in [6, 6.07) is 18.0. The minimum Gasteiger partial charge on any atom is -0.309 e. The topological polar surface area (TPSA) is 67.7 Å². The average Bonchev–Trinajstić information content (AvgIpc) is 2.93. The van der Waals surface area contributed by atoms with Gasteiger partial charge in [0.1, 0.15) is 12.1 Å². The summed E-state index contributed by atoms with van der Waals surface area (Å²) in [4.78, 5) is 30.7. The number of benzene rings is 2.